The van der Waals surface area contributed by atoms with Gasteiger partial charge in [0.25, 0.3) is 0 Å². The van der Waals surface area contributed by atoms with Gasteiger partial charge in [0.1, 0.15) is 35.2 Å². The summed E-state index contributed by atoms with van der Waals surface area (Å²) in [6.07, 6.45) is 2.59. The van der Waals surface area contributed by atoms with E-state index < -0.39 is 17.5 Å². The Balaban J connectivity index is 1.64. The fraction of sp³-hybridized carbons (Fsp3) is 0.517. The molecule has 43 heavy (non-hydrogen) atoms. The molecule has 0 saturated carbocycles. The molecule has 1 aromatic heterocycles. The van der Waals surface area contributed by atoms with E-state index in [1.807, 2.05) is 27.8 Å². The minimum Gasteiger partial charge on any atom is -0.496 e. The number of aliphatic carboxylic acids is 1. The normalized spacial score (nSPS) is 14.6. The Bertz CT molecular complexity index is 1330. The number of benzene rings is 1. The van der Waals surface area contributed by atoms with Crippen LogP contribution < -0.4 is 15.4 Å². The first-order valence-electron chi connectivity index (χ1n) is 13.9. The summed E-state index contributed by atoms with van der Waals surface area (Å²) in [5.74, 6) is -0.326. The summed E-state index contributed by atoms with van der Waals surface area (Å²) in [7, 11) is 6.92. The van der Waals surface area contributed by atoms with E-state index in [0.717, 1.165) is 5.56 Å². The number of carbonyl (C=O) groups excluding carboxylic acids is 2. The van der Waals surface area contributed by atoms with Gasteiger partial charge in [-0.15, -0.1) is 0 Å². The van der Waals surface area contributed by atoms with Gasteiger partial charge in [0, 0.05) is 51.5 Å². The molecule has 0 fully saturated rings. The lowest BCUT2D eigenvalue weighted by Gasteiger charge is -2.26. The highest BCUT2D eigenvalue weighted by Gasteiger charge is 2.33. The molecule has 0 radical (unpaired) electrons. The van der Waals surface area contributed by atoms with Gasteiger partial charge in [-0.25, -0.2) is 14.8 Å². The number of aromatic nitrogens is 2. The van der Waals surface area contributed by atoms with Gasteiger partial charge in [0.2, 0.25) is 5.91 Å². The zero-order chi connectivity index (χ0) is 31.7. The van der Waals surface area contributed by atoms with Crippen LogP contribution in [0, 0.1) is 0 Å². The molecular weight excluding hydrogens is 556 g/mol. The fourth-order valence-corrected chi connectivity index (χ4v) is 4.33. The number of likely N-dealkylation sites (N-methyl/N-ethyl adjacent to an activating group) is 3. The van der Waals surface area contributed by atoms with E-state index >= 15 is 0 Å². The predicted molar refractivity (Wildman–Crippen MR) is 163 cm³/mol. The van der Waals surface area contributed by atoms with Crippen molar-refractivity contribution in [2.24, 2.45) is 4.99 Å². The largest absolute Gasteiger partial charge is 0.496 e. The smallest absolute Gasteiger partial charge is 0.410 e. The van der Waals surface area contributed by atoms with Crippen molar-refractivity contribution in [3.8, 4) is 5.75 Å². The Kier molecular flexibility index (Phi) is 11.4. The highest BCUT2D eigenvalue weighted by Crippen LogP contribution is 2.35. The molecule has 14 heteroatoms. The summed E-state index contributed by atoms with van der Waals surface area (Å²) in [4.78, 5) is 54.6. The van der Waals surface area contributed by atoms with Gasteiger partial charge in [-0.1, -0.05) is 0 Å². The van der Waals surface area contributed by atoms with E-state index in [-0.39, 0.29) is 18.5 Å². The number of carbonyl (C=O) groups is 3. The summed E-state index contributed by atoms with van der Waals surface area (Å²) in [6, 6.07) is 5.33. The Labute approximate surface area is 252 Å². The highest BCUT2D eigenvalue weighted by molar-refractivity contribution is 6.13. The van der Waals surface area contributed by atoms with Crippen LogP contribution in [0.25, 0.3) is 0 Å². The van der Waals surface area contributed by atoms with Crippen molar-refractivity contribution in [3.05, 3.63) is 35.7 Å². The zero-order valence-electron chi connectivity index (χ0n) is 25.9. The lowest BCUT2D eigenvalue weighted by atomic mass is 10.0. The number of aliphatic imine (C=N–C) groups is 1. The molecule has 2 amide bonds. The second-order valence-electron chi connectivity index (χ2n) is 11.4. The van der Waals surface area contributed by atoms with Crippen molar-refractivity contribution in [2.75, 3.05) is 71.6 Å². The molecule has 1 aromatic carbocycles. The van der Waals surface area contributed by atoms with Crippen LogP contribution in [0.2, 0.25) is 0 Å². The first-order valence-corrected chi connectivity index (χ1v) is 13.9. The third-order valence-corrected chi connectivity index (χ3v) is 6.51. The molecule has 14 nitrogen and oxygen atoms in total. The van der Waals surface area contributed by atoms with Gasteiger partial charge < -0.3 is 35.0 Å². The fourth-order valence-electron chi connectivity index (χ4n) is 4.33. The molecule has 1 atom stereocenters. The third kappa shape index (κ3) is 9.89. The van der Waals surface area contributed by atoms with Crippen LogP contribution in [-0.4, -0.2) is 121 Å². The lowest BCUT2D eigenvalue weighted by molar-refractivity contribution is -0.138. The number of hydrogen-bond acceptors (Lipinski definition) is 11. The molecule has 1 unspecified atom stereocenters. The number of amides is 2. The summed E-state index contributed by atoms with van der Waals surface area (Å²) in [5, 5.41) is 15.2. The van der Waals surface area contributed by atoms with E-state index in [1.165, 1.54) is 6.33 Å². The van der Waals surface area contributed by atoms with Crippen molar-refractivity contribution in [1.29, 1.82) is 0 Å². The molecule has 3 rings (SSSR count). The Morgan fingerprint density at radius 3 is 2.56 bits per heavy atom. The average Bonchev–Trinajstić information content (AvgIpc) is 3.24. The molecule has 0 saturated heterocycles. The Morgan fingerprint density at radius 1 is 1.14 bits per heavy atom. The van der Waals surface area contributed by atoms with Crippen molar-refractivity contribution < 1.29 is 29.0 Å². The van der Waals surface area contributed by atoms with Crippen LogP contribution in [0.5, 0.6) is 5.75 Å². The number of fused-ring (bicyclic) bond motifs is 1. The number of nitrogens with zero attached hydrogens (tertiary/aromatic N) is 6. The average molecular weight is 599 g/mol. The maximum Gasteiger partial charge on any atom is 0.410 e. The summed E-state index contributed by atoms with van der Waals surface area (Å²) in [5.41, 5.74) is 1.42. The lowest BCUT2D eigenvalue weighted by Crippen LogP contribution is -2.39. The van der Waals surface area contributed by atoms with Crippen LogP contribution in [0.15, 0.2) is 29.5 Å². The SMILES string of the molecule is COc1ccc(N=CC2C(=O)Nc3ncnc(NCCN(C)CCN(C)C(=O)OC(C)(C)C)c32)cc1CN(C)CC(=O)O. The number of hydrogen-bond donors (Lipinski definition) is 3. The molecule has 1 aliphatic rings. The predicted octanol–water partition coefficient (Wildman–Crippen LogP) is 2.65. The summed E-state index contributed by atoms with van der Waals surface area (Å²) >= 11 is 0. The zero-order valence-corrected chi connectivity index (χ0v) is 25.9. The van der Waals surface area contributed by atoms with Gasteiger partial charge in [-0.3, -0.25) is 19.5 Å². The molecule has 3 N–H and O–H groups in total. The maximum atomic E-state index is 12.9. The number of rotatable bonds is 14. The van der Waals surface area contributed by atoms with Gasteiger partial charge in [-0.05, 0) is 53.1 Å². The van der Waals surface area contributed by atoms with Crippen molar-refractivity contribution in [1.82, 2.24) is 24.7 Å². The molecule has 2 heterocycles. The minimum absolute atomic E-state index is 0.121. The van der Waals surface area contributed by atoms with Crippen LogP contribution in [0.1, 0.15) is 37.8 Å². The summed E-state index contributed by atoms with van der Waals surface area (Å²) < 4.78 is 10.8. The second-order valence-corrected chi connectivity index (χ2v) is 11.4. The number of nitrogens with one attached hydrogen (secondary N) is 2. The third-order valence-electron chi connectivity index (χ3n) is 6.51. The van der Waals surface area contributed by atoms with E-state index in [0.29, 0.717) is 61.4 Å². The number of anilines is 2. The number of methoxy groups -OCH3 is 1. The maximum absolute atomic E-state index is 12.9. The quantitative estimate of drug-likeness (QED) is 0.274. The molecule has 0 bridgehead atoms. The molecule has 0 aliphatic carbocycles. The van der Waals surface area contributed by atoms with E-state index in [9.17, 15) is 14.4 Å². The van der Waals surface area contributed by atoms with Gasteiger partial charge in [0.15, 0.2) is 0 Å². The van der Waals surface area contributed by atoms with Crippen LogP contribution >= 0.6 is 0 Å². The minimum atomic E-state index is -0.925. The monoisotopic (exact) mass is 598 g/mol. The summed E-state index contributed by atoms with van der Waals surface area (Å²) in [6.45, 7) is 8.08. The van der Waals surface area contributed by atoms with Crippen molar-refractivity contribution in [2.45, 2.75) is 38.8 Å². The topological polar surface area (TPSA) is 162 Å². The van der Waals surface area contributed by atoms with Crippen LogP contribution in [0.4, 0.5) is 22.1 Å². The van der Waals surface area contributed by atoms with E-state index in [2.05, 4.69) is 30.5 Å². The Hall–Kier alpha value is -4.30. The standard InChI is InChI=1S/C29H42N8O6/c1-29(2,3)43-28(41)37(6)13-12-35(4)11-10-30-25-24-21(27(40)34-26(24)33-18-32-25)15-31-20-8-9-22(42-7)19(14-20)16-36(5)17-23(38)39/h8-9,14-15,18,21H,10-13,16-17H2,1-7H3,(H,38,39)(H2,30,32,33,34,40). The van der Waals surface area contributed by atoms with Gasteiger partial charge >= 0.3 is 12.1 Å². The molecule has 1 aliphatic heterocycles. The molecule has 234 valence electrons. The first-order chi connectivity index (χ1) is 20.3. The number of carboxylic acid groups (broad SMARTS) is 1. The van der Waals surface area contributed by atoms with E-state index in [4.69, 9.17) is 14.6 Å². The van der Waals surface area contributed by atoms with Crippen molar-refractivity contribution in [3.63, 3.8) is 0 Å². The Morgan fingerprint density at radius 2 is 1.88 bits per heavy atom. The first kappa shape index (κ1) is 33.2. The molecule has 0 spiro atoms. The van der Waals surface area contributed by atoms with Gasteiger partial charge in [0.05, 0.1) is 24.9 Å². The van der Waals surface area contributed by atoms with E-state index in [1.54, 1.807) is 55.4 Å². The number of ether oxygens (including phenoxy) is 2. The highest BCUT2D eigenvalue weighted by atomic mass is 16.6. The second kappa shape index (κ2) is 14.7. The van der Waals surface area contributed by atoms with Crippen LogP contribution in [-0.2, 0) is 20.9 Å². The molecule has 2 aromatic rings. The number of carboxylic acids is 1. The van der Waals surface area contributed by atoms with Gasteiger partial charge in [-0.2, -0.15) is 0 Å². The molecular formula is C29H42N8O6. The van der Waals surface area contributed by atoms with Crippen molar-refractivity contribution >= 4 is 41.5 Å². The van der Waals surface area contributed by atoms with Crippen LogP contribution in [0.3, 0.4) is 0 Å².